The van der Waals surface area contributed by atoms with E-state index in [1.54, 1.807) is 0 Å². The van der Waals surface area contributed by atoms with Gasteiger partial charge in [-0.25, -0.2) is 4.79 Å². The Labute approximate surface area is 113 Å². The van der Waals surface area contributed by atoms with Crippen molar-refractivity contribution in [3.8, 4) is 0 Å². The first kappa shape index (κ1) is 13.8. The number of aromatic nitrogens is 4. The fourth-order valence-electron chi connectivity index (χ4n) is 1.73. The average molecular weight is 280 g/mol. The molecule has 0 saturated carbocycles. The Bertz CT molecular complexity index is 672. The molecule has 0 aliphatic rings. The lowest BCUT2D eigenvalue weighted by Crippen LogP contribution is -2.34. The molecule has 0 radical (unpaired) electrons. The Morgan fingerprint density at radius 3 is 2.95 bits per heavy atom. The van der Waals surface area contributed by atoms with Crippen molar-refractivity contribution >= 4 is 11.5 Å². The molecule has 2 aromatic rings. The fraction of sp³-hybridized carbons (Fsp3) is 0.455. The zero-order chi connectivity index (χ0) is 14.5. The van der Waals surface area contributed by atoms with E-state index in [0.717, 1.165) is 12.8 Å². The van der Waals surface area contributed by atoms with Gasteiger partial charge in [0.15, 0.2) is 5.82 Å². The summed E-state index contributed by atoms with van der Waals surface area (Å²) >= 11 is 0. The van der Waals surface area contributed by atoms with Crippen molar-refractivity contribution in [2.45, 2.75) is 32.9 Å². The van der Waals surface area contributed by atoms with Crippen LogP contribution < -0.4 is 22.3 Å². The number of unbranched alkanes of at least 4 members (excludes halogenated alkanes) is 1. The van der Waals surface area contributed by atoms with Crippen LogP contribution >= 0.6 is 0 Å². The number of H-pyrrole nitrogens is 1. The van der Waals surface area contributed by atoms with Crippen LogP contribution in [-0.2, 0) is 13.1 Å². The molecule has 0 atom stereocenters. The third-order valence-electron chi connectivity index (χ3n) is 2.81. The number of aromatic amines is 1. The van der Waals surface area contributed by atoms with Crippen molar-refractivity contribution in [1.82, 2.24) is 19.7 Å². The maximum Gasteiger partial charge on any atom is 0.330 e. The van der Waals surface area contributed by atoms with Crippen LogP contribution in [0.5, 0.6) is 0 Å². The van der Waals surface area contributed by atoms with Gasteiger partial charge in [-0.15, -0.1) is 0 Å². The van der Waals surface area contributed by atoms with Crippen LogP contribution in [0.2, 0.25) is 0 Å². The van der Waals surface area contributed by atoms with Gasteiger partial charge in [0, 0.05) is 6.54 Å². The van der Waals surface area contributed by atoms with Crippen molar-refractivity contribution < 1.29 is 4.52 Å². The van der Waals surface area contributed by atoms with Crippen LogP contribution in [-0.4, -0.2) is 19.7 Å². The molecule has 0 aliphatic carbocycles. The third-order valence-corrected chi connectivity index (χ3v) is 2.81. The van der Waals surface area contributed by atoms with Gasteiger partial charge >= 0.3 is 5.69 Å². The van der Waals surface area contributed by atoms with Crippen molar-refractivity contribution in [2.24, 2.45) is 0 Å². The van der Waals surface area contributed by atoms with E-state index in [1.807, 2.05) is 6.92 Å². The zero-order valence-electron chi connectivity index (χ0n) is 11.0. The number of nitrogens with two attached hydrogens (primary N) is 1. The summed E-state index contributed by atoms with van der Waals surface area (Å²) in [6, 6.07) is 0. The quantitative estimate of drug-likeness (QED) is 0.673. The minimum atomic E-state index is -0.566. The second-order valence-corrected chi connectivity index (χ2v) is 4.23. The summed E-state index contributed by atoms with van der Waals surface area (Å²) in [5.41, 5.74) is 4.94. The number of nitrogen functional groups attached to an aromatic ring is 1. The molecule has 108 valence electrons. The highest BCUT2D eigenvalue weighted by molar-refractivity contribution is 5.60. The van der Waals surface area contributed by atoms with Crippen molar-refractivity contribution in [3.05, 3.63) is 33.1 Å². The predicted molar refractivity (Wildman–Crippen MR) is 72.3 cm³/mol. The standard InChI is InChI=1S/C11H16N6O3/c1-2-3-4-17-9(12)8(10(18)15-11(17)19)13-5-7-14-6-20-16-7/h6,13H,2-5,12H2,1H3,(H,15,18,19). The first-order valence-electron chi connectivity index (χ1n) is 6.25. The highest BCUT2D eigenvalue weighted by Crippen LogP contribution is 2.11. The van der Waals surface area contributed by atoms with Crippen molar-refractivity contribution in [3.63, 3.8) is 0 Å². The third kappa shape index (κ3) is 2.87. The van der Waals surface area contributed by atoms with Crippen LogP contribution in [0.3, 0.4) is 0 Å². The molecule has 0 fully saturated rings. The normalized spacial score (nSPS) is 10.7. The Balaban J connectivity index is 2.27. The minimum Gasteiger partial charge on any atom is -0.383 e. The molecule has 2 aromatic heterocycles. The molecule has 2 heterocycles. The molecule has 4 N–H and O–H groups in total. The molecule has 9 nitrogen and oxygen atoms in total. The molecule has 0 aromatic carbocycles. The van der Waals surface area contributed by atoms with E-state index < -0.39 is 11.2 Å². The molecular weight excluding hydrogens is 264 g/mol. The summed E-state index contributed by atoms with van der Waals surface area (Å²) in [6.45, 7) is 2.63. The number of rotatable bonds is 6. The van der Waals surface area contributed by atoms with Gasteiger partial charge in [0.05, 0.1) is 6.54 Å². The van der Waals surface area contributed by atoms with E-state index in [0.29, 0.717) is 12.4 Å². The minimum absolute atomic E-state index is 0.107. The molecule has 0 saturated heterocycles. The smallest absolute Gasteiger partial charge is 0.330 e. The second kappa shape index (κ2) is 6.04. The number of nitrogens with one attached hydrogen (secondary N) is 2. The fourth-order valence-corrected chi connectivity index (χ4v) is 1.73. The summed E-state index contributed by atoms with van der Waals surface area (Å²) in [5, 5.41) is 6.42. The lowest BCUT2D eigenvalue weighted by atomic mass is 10.3. The molecule has 20 heavy (non-hydrogen) atoms. The number of anilines is 2. The van der Waals surface area contributed by atoms with Gasteiger partial charge in [-0.05, 0) is 6.42 Å². The Morgan fingerprint density at radius 2 is 2.30 bits per heavy atom. The maximum atomic E-state index is 11.8. The van der Waals surface area contributed by atoms with Gasteiger partial charge in [-0.2, -0.15) is 4.98 Å². The molecule has 0 amide bonds. The lowest BCUT2D eigenvalue weighted by molar-refractivity contribution is 0.411. The number of hydrogen-bond donors (Lipinski definition) is 3. The summed E-state index contributed by atoms with van der Waals surface area (Å²) in [5.74, 6) is 0.491. The monoisotopic (exact) mass is 280 g/mol. The summed E-state index contributed by atoms with van der Waals surface area (Å²) in [6.07, 6.45) is 2.89. The van der Waals surface area contributed by atoms with E-state index >= 15 is 0 Å². The number of hydrogen-bond acceptors (Lipinski definition) is 7. The van der Waals surface area contributed by atoms with Gasteiger partial charge in [0.2, 0.25) is 6.39 Å². The predicted octanol–water partition coefficient (Wildman–Crippen LogP) is -0.0860. The first-order valence-corrected chi connectivity index (χ1v) is 6.25. The number of nitrogens with zero attached hydrogens (tertiary/aromatic N) is 3. The SMILES string of the molecule is CCCCn1c(N)c(NCc2ncon2)c(=O)[nH]c1=O. The van der Waals surface area contributed by atoms with E-state index in [1.165, 1.54) is 11.0 Å². The molecule has 0 aliphatic heterocycles. The largest absolute Gasteiger partial charge is 0.383 e. The first-order chi connectivity index (χ1) is 9.63. The molecule has 0 spiro atoms. The Morgan fingerprint density at radius 1 is 1.50 bits per heavy atom. The van der Waals surface area contributed by atoms with E-state index in [2.05, 4.69) is 25.0 Å². The highest BCUT2D eigenvalue weighted by atomic mass is 16.5. The zero-order valence-corrected chi connectivity index (χ0v) is 11.0. The lowest BCUT2D eigenvalue weighted by Gasteiger charge is -2.12. The van der Waals surface area contributed by atoms with Gasteiger partial charge in [0.25, 0.3) is 5.56 Å². The van der Waals surface area contributed by atoms with E-state index in [9.17, 15) is 9.59 Å². The maximum absolute atomic E-state index is 11.8. The van der Waals surface area contributed by atoms with E-state index in [4.69, 9.17) is 5.73 Å². The average Bonchev–Trinajstić information content (AvgIpc) is 2.91. The molecule has 2 rings (SSSR count). The van der Waals surface area contributed by atoms with Crippen LogP contribution in [0.1, 0.15) is 25.6 Å². The summed E-state index contributed by atoms with van der Waals surface area (Å²) < 4.78 is 5.92. The Hall–Kier alpha value is -2.58. The van der Waals surface area contributed by atoms with Gasteiger partial charge in [0.1, 0.15) is 11.5 Å². The van der Waals surface area contributed by atoms with E-state index in [-0.39, 0.29) is 18.1 Å². The summed E-state index contributed by atoms with van der Waals surface area (Å²) in [7, 11) is 0. The van der Waals surface area contributed by atoms with Crippen LogP contribution in [0, 0.1) is 0 Å². The molecule has 0 bridgehead atoms. The van der Waals surface area contributed by atoms with Crippen LogP contribution in [0.15, 0.2) is 20.5 Å². The molecule has 0 unspecified atom stereocenters. The van der Waals surface area contributed by atoms with Crippen molar-refractivity contribution in [2.75, 3.05) is 11.1 Å². The molecule has 9 heteroatoms. The topological polar surface area (TPSA) is 132 Å². The second-order valence-electron chi connectivity index (χ2n) is 4.23. The highest BCUT2D eigenvalue weighted by Gasteiger charge is 2.12. The van der Waals surface area contributed by atoms with Gasteiger partial charge in [-0.1, -0.05) is 18.5 Å². The van der Waals surface area contributed by atoms with Crippen LogP contribution in [0.4, 0.5) is 11.5 Å². The summed E-state index contributed by atoms with van der Waals surface area (Å²) in [4.78, 5) is 29.5. The van der Waals surface area contributed by atoms with Crippen molar-refractivity contribution in [1.29, 1.82) is 0 Å². The molecular formula is C11H16N6O3. The van der Waals surface area contributed by atoms with Crippen LogP contribution in [0.25, 0.3) is 0 Å². The van der Waals surface area contributed by atoms with Gasteiger partial charge in [-0.3, -0.25) is 14.3 Å². The Kier molecular flexibility index (Phi) is 4.18. The van der Waals surface area contributed by atoms with Gasteiger partial charge < -0.3 is 15.6 Å².